The van der Waals surface area contributed by atoms with Crippen LogP contribution in [0.15, 0.2) is 84.9 Å². The Bertz CT molecular complexity index is 1680. The summed E-state index contributed by atoms with van der Waals surface area (Å²) < 4.78 is 45.3. The number of carboxylic acids is 2. The quantitative estimate of drug-likeness (QED) is 0.124. The number of aliphatic carboxylic acids is 1. The van der Waals surface area contributed by atoms with Crippen LogP contribution in [0.5, 0.6) is 5.75 Å². The minimum atomic E-state index is -4.37. The Kier molecular flexibility index (Phi) is 11.5. The highest BCUT2D eigenvalue weighted by Crippen LogP contribution is 2.32. The Labute approximate surface area is 278 Å². The van der Waals surface area contributed by atoms with Gasteiger partial charge in [-0.25, -0.2) is 4.79 Å². The first kappa shape index (κ1) is 34.7. The van der Waals surface area contributed by atoms with Gasteiger partial charge in [0.1, 0.15) is 12.4 Å². The Hall–Kier alpha value is -4.63. The summed E-state index contributed by atoms with van der Waals surface area (Å²) in [5.74, 6) is -0.947. The molecule has 0 radical (unpaired) electrons. The number of unbranched alkanes of at least 4 members (excludes halogenated alkanes) is 1. The fourth-order valence-corrected chi connectivity index (χ4v) is 6.12. The number of carbonyl (C=O) groups is 2. The van der Waals surface area contributed by atoms with Gasteiger partial charge < -0.3 is 14.9 Å². The van der Waals surface area contributed by atoms with Crippen molar-refractivity contribution >= 4 is 11.9 Å². The lowest BCUT2D eigenvalue weighted by molar-refractivity contribution is -0.138. The lowest BCUT2D eigenvalue weighted by Crippen LogP contribution is -2.27. The number of hydrogen-bond acceptors (Lipinski definition) is 4. The summed E-state index contributed by atoms with van der Waals surface area (Å²) in [6.45, 7) is 2.37. The zero-order chi connectivity index (χ0) is 34.1. The number of benzene rings is 4. The fraction of sp³-hybridized carbons (Fsp3) is 0.333. The smallest absolute Gasteiger partial charge is 0.416 e. The third-order valence-electron chi connectivity index (χ3n) is 8.84. The molecular formula is C39H40F3NO5. The average Bonchev–Trinajstić information content (AvgIpc) is 3.08. The predicted octanol–water partition coefficient (Wildman–Crippen LogP) is 8.83. The maximum atomic E-state index is 13.0. The second-order valence-corrected chi connectivity index (χ2v) is 12.4. The van der Waals surface area contributed by atoms with Crippen molar-refractivity contribution in [2.24, 2.45) is 0 Å². The zero-order valence-corrected chi connectivity index (χ0v) is 26.8. The first-order chi connectivity index (χ1) is 23.0. The molecule has 9 heteroatoms. The second-order valence-electron chi connectivity index (χ2n) is 12.4. The van der Waals surface area contributed by atoms with Gasteiger partial charge in [-0.3, -0.25) is 9.69 Å². The maximum absolute atomic E-state index is 13.0. The molecule has 0 saturated heterocycles. The lowest BCUT2D eigenvalue weighted by Gasteiger charge is -2.25. The highest BCUT2D eigenvalue weighted by Gasteiger charge is 2.30. The molecule has 6 nitrogen and oxygen atoms in total. The van der Waals surface area contributed by atoms with Gasteiger partial charge in [-0.2, -0.15) is 13.2 Å². The van der Waals surface area contributed by atoms with Crippen LogP contribution < -0.4 is 4.74 Å². The van der Waals surface area contributed by atoms with Crippen molar-refractivity contribution in [3.63, 3.8) is 0 Å². The van der Waals surface area contributed by atoms with Crippen LogP contribution in [0.25, 0.3) is 11.1 Å². The van der Waals surface area contributed by atoms with E-state index >= 15 is 0 Å². The Balaban J connectivity index is 1.28. The Morgan fingerprint density at radius 2 is 1.35 bits per heavy atom. The van der Waals surface area contributed by atoms with Crippen molar-refractivity contribution in [2.75, 3.05) is 13.1 Å². The number of alkyl halides is 3. The first-order valence-corrected chi connectivity index (χ1v) is 16.4. The first-order valence-electron chi connectivity index (χ1n) is 16.4. The number of aromatic carboxylic acids is 1. The summed E-state index contributed by atoms with van der Waals surface area (Å²) in [4.78, 5) is 24.7. The molecule has 0 bridgehead atoms. The maximum Gasteiger partial charge on any atom is 0.416 e. The molecule has 48 heavy (non-hydrogen) atoms. The molecule has 0 saturated carbocycles. The third kappa shape index (κ3) is 9.70. The van der Waals surface area contributed by atoms with Crippen LogP contribution in [0.4, 0.5) is 13.2 Å². The van der Waals surface area contributed by atoms with E-state index in [0.29, 0.717) is 38.2 Å². The van der Waals surface area contributed by atoms with Gasteiger partial charge in [0.25, 0.3) is 0 Å². The Morgan fingerprint density at radius 1 is 0.750 bits per heavy atom. The molecule has 1 aliphatic carbocycles. The topological polar surface area (TPSA) is 87.1 Å². The van der Waals surface area contributed by atoms with E-state index in [9.17, 15) is 27.9 Å². The largest absolute Gasteiger partial charge is 0.489 e. The molecule has 4 aromatic carbocycles. The van der Waals surface area contributed by atoms with Gasteiger partial charge in [-0.15, -0.1) is 0 Å². The minimum Gasteiger partial charge on any atom is -0.489 e. The number of halogens is 3. The molecule has 0 spiro atoms. The van der Waals surface area contributed by atoms with Crippen molar-refractivity contribution in [1.29, 1.82) is 0 Å². The monoisotopic (exact) mass is 659 g/mol. The minimum absolute atomic E-state index is 0.120. The van der Waals surface area contributed by atoms with Crippen molar-refractivity contribution in [2.45, 2.75) is 70.7 Å². The van der Waals surface area contributed by atoms with Gasteiger partial charge in [-0.05, 0) is 121 Å². The number of hydrogen-bond donors (Lipinski definition) is 2. The molecule has 5 rings (SSSR count). The van der Waals surface area contributed by atoms with Crippen LogP contribution >= 0.6 is 0 Å². The molecule has 0 aromatic heterocycles. The van der Waals surface area contributed by atoms with E-state index in [1.807, 2.05) is 36.4 Å². The van der Waals surface area contributed by atoms with E-state index in [1.54, 1.807) is 12.1 Å². The summed E-state index contributed by atoms with van der Waals surface area (Å²) in [6, 6.07) is 24.1. The zero-order valence-electron chi connectivity index (χ0n) is 26.8. The van der Waals surface area contributed by atoms with E-state index < -0.39 is 23.7 Å². The van der Waals surface area contributed by atoms with Crippen LogP contribution in [0.1, 0.15) is 75.8 Å². The number of aryl methyl sites for hydroxylation is 2. The average molecular weight is 660 g/mol. The molecule has 2 N–H and O–H groups in total. The molecular weight excluding hydrogens is 619 g/mol. The van der Waals surface area contributed by atoms with Gasteiger partial charge in [0.2, 0.25) is 0 Å². The molecule has 0 unspecified atom stereocenters. The van der Waals surface area contributed by atoms with Crippen LogP contribution in [0.2, 0.25) is 0 Å². The second kappa shape index (κ2) is 16.0. The van der Waals surface area contributed by atoms with Gasteiger partial charge in [0.15, 0.2) is 0 Å². The fourth-order valence-electron chi connectivity index (χ4n) is 6.12. The van der Waals surface area contributed by atoms with Crippen molar-refractivity contribution in [3.05, 3.63) is 124 Å². The number of carboxylic acid groups (broad SMARTS) is 2. The van der Waals surface area contributed by atoms with Crippen molar-refractivity contribution < 1.29 is 37.7 Å². The molecule has 0 aliphatic heterocycles. The number of fused-ring (bicyclic) bond motifs is 1. The number of rotatable bonds is 15. The van der Waals surface area contributed by atoms with Gasteiger partial charge >= 0.3 is 18.1 Å². The van der Waals surface area contributed by atoms with E-state index in [0.717, 1.165) is 78.7 Å². The van der Waals surface area contributed by atoms with Crippen LogP contribution in [-0.4, -0.2) is 40.1 Å². The third-order valence-corrected chi connectivity index (χ3v) is 8.84. The molecule has 0 atom stereocenters. The number of nitrogens with zero attached hydrogens (tertiary/aromatic N) is 1. The Morgan fingerprint density at radius 3 is 1.96 bits per heavy atom. The van der Waals surface area contributed by atoms with Crippen LogP contribution in [-0.2, 0) is 43.4 Å². The summed E-state index contributed by atoms with van der Waals surface area (Å²) >= 11 is 0. The molecule has 252 valence electrons. The van der Waals surface area contributed by atoms with Crippen molar-refractivity contribution in [1.82, 2.24) is 4.90 Å². The van der Waals surface area contributed by atoms with Crippen LogP contribution in [0, 0.1) is 0 Å². The SMILES string of the molecule is O=C(O)CCCCN(CCc1cc2c(cc1OCc1ccc(-c3ccc(C(F)(F)F)cc3)cc1)CCCC2)Cc1ccc(C(=O)O)cc1. The van der Waals surface area contributed by atoms with Gasteiger partial charge in [0, 0.05) is 19.5 Å². The van der Waals surface area contributed by atoms with E-state index in [4.69, 9.17) is 9.84 Å². The van der Waals surface area contributed by atoms with Crippen molar-refractivity contribution in [3.8, 4) is 16.9 Å². The predicted molar refractivity (Wildman–Crippen MR) is 178 cm³/mol. The molecule has 0 amide bonds. The van der Waals surface area contributed by atoms with Crippen LogP contribution in [0.3, 0.4) is 0 Å². The molecule has 0 heterocycles. The van der Waals surface area contributed by atoms with Gasteiger partial charge in [-0.1, -0.05) is 54.6 Å². The molecule has 1 aliphatic rings. The summed E-state index contributed by atoms with van der Waals surface area (Å²) in [7, 11) is 0. The van der Waals surface area contributed by atoms with E-state index in [-0.39, 0.29) is 12.0 Å². The number of ether oxygens (including phenoxy) is 1. The normalized spacial score (nSPS) is 12.9. The molecule has 4 aromatic rings. The lowest BCUT2D eigenvalue weighted by atomic mass is 9.89. The highest BCUT2D eigenvalue weighted by molar-refractivity contribution is 5.87. The standard InChI is InChI=1S/C39H40F3NO5/c40-39(41,42)35-18-16-30(17-19-35)29-12-10-28(11-13-29)26-48-36-24-33-6-2-1-5-32(33)23-34(36)20-22-43(21-4-3-7-37(44)45)25-27-8-14-31(15-9-27)38(46)47/h8-19,23-24H,1-7,20-22,25-26H2,(H,44,45)(H,46,47). The van der Waals surface area contributed by atoms with E-state index in [1.165, 1.54) is 23.3 Å². The summed E-state index contributed by atoms with van der Waals surface area (Å²) in [5.41, 5.74) is 6.78. The summed E-state index contributed by atoms with van der Waals surface area (Å²) in [6.07, 6.45) is 2.12. The summed E-state index contributed by atoms with van der Waals surface area (Å²) in [5, 5.41) is 18.4. The van der Waals surface area contributed by atoms with Gasteiger partial charge in [0.05, 0.1) is 11.1 Å². The molecule has 0 fully saturated rings. The van der Waals surface area contributed by atoms with E-state index in [2.05, 4.69) is 17.0 Å². The highest BCUT2D eigenvalue weighted by atomic mass is 19.4.